The molecule has 2 N–H and O–H groups in total. The molecule has 16 heavy (non-hydrogen) atoms. The van der Waals surface area contributed by atoms with Crippen LogP contribution in [-0.4, -0.2) is 24.1 Å². The molecule has 0 atom stereocenters. The lowest BCUT2D eigenvalue weighted by Crippen LogP contribution is -2.05. The van der Waals surface area contributed by atoms with E-state index in [1.165, 1.54) is 0 Å². The van der Waals surface area contributed by atoms with Crippen molar-refractivity contribution in [1.29, 1.82) is 0 Å². The Morgan fingerprint density at radius 1 is 1.31 bits per heavy atom. The van der Waals surface area contributed by atoms with Gasteiger partial charge in [-0.1, -0.05) is 0 Å². The molecule has 0 bridgehead atoms. The average molecular weight is 214 g/mol. The zero-order valence-corrected chi connectivity index (χ0v) is 8.70. The van der Waals surface area contributed by atoms with E-state index < -0.39 is 0 Å². The fourth-order valence-electron chi connectivity index (χ4n) is 1.63. The minimum Gasteiger partial charge on any atom is -0.382 e. The van der Waals surface area contributed by atoms with Crippen molar-refractivity contribution in [1.82, 2.24) is 24.1 Å². The first-order valence-electron chi connectivity index (χ1n) is 4.84. The number of rotatable bonds is 1. The fourth-order valence-corrected chi connectivity index (χ4v) is 1.63. The molecule has 0 unspecified atom stereocenters. The van der Waals surface area contributed by atoms with Crippen molar-refractivity contribution in [3.8, 4) is 11.6 Å². The second-order valence-electron chi connectivity index (χ2n) is 3.52. The van der Waals surface area contributed by atoms with Crippen LogP contribution in [0.15, 0.2) is 30.7 Å². The van der Waals surface area contributed by atoms with Crippen LogP contribution in [0, 0.1) is 0 Å². The highest BCUT2D eigenvalue weighted by Gasteiger charge is 2.10. The van der Waals surface area contributed by atoms with Crippen molar-refractivity contribution < 1.29 is 0 Å². The van der Waals surface area contributed by atoms with Gasteiger partial charge in [0.2, 0.25) is 5.82 Å². The summed E-state index contributed by atoms with van der Waals surface area (Å²) in [5.74, 6) is 1.68. The lowest BCUT2D eigenvalue weighted by molar-refractivity contribution is 0.862. The van der Waals surface area contributed by atoms with Gasteiger partial charge in [0, 0.05) is 25.6 Å². The lowest BCUT2D eigenvalue weighted by Gasteiger charge is -2.03. The van der Waals surface area contributed by atoms with Crippen molar-refractivity contribution in [3.63, 3.8) is 0 Å². The molecule has 0 spiro atoms. The highest BCUT2D eigenvalue weighted by atomic mass is 15.3. The van der Waals surface area contributed by atoms with Crippen LogP contribution in [-0.2, 0) is 7.05 Å². The van der Waals surface area contributed by atoms with E-state index in [-0.39, 0.29) is 0 Å². The Hall–Kier alpha value is -2.37. The number of fused-ring (bicyclic) bond motifs is 1. The Morgan fingerprint density at radius 2 is 2.19 bits per heavy atom. The van der Waals surface area contributed by atoms with Gasteiger partial charge < -0.3 is 10.3 Å². The number of aromatic nitrogens is 5. The predicted octanol–water partition coefficient (Wildman–Crippen LogP) is 0.712. The van der Waals surface area contributed by atoms with Gasteiger partial charge in [0.1, 0.15) is 5.52 Å². The summed E-state index contributed by atoms with van der Waals surface area (Å²) in [6.45, 7) is 0. The Bertz CT molecular complexity index is 650. The molecular weight excluding hydrogens is 204 g/mol. The van der Waals surface area contributed by atoms with Crippen LogP contribution >= 0.6 is 0 Å². The van der Waals surface area contributed by atoms with Crippen LogP contribution in [0.1, 0.15) is 0 Å². The van der Waals surface area contributed by atoms with Gasteiger partial charge in [-0.25, -0.2) is 14.5 Å². The minimum absolute atomic E-state index is 0.456. The quantitative estimate of drug-likeness (QED) is 0.647. The minimum atomic E-state index is 0.456. The topological polar surface area (TPSA) is 74.0 Å². The van der Waals surface area contributed by atoms with Crippen LogP contribution in [0.2, 0.25) is 0 Å². The molecule has 0 aromatic carbocycles. The summed E-state index contributed by atoms with van der Waals surface area (Å²) in [5, 5.41) is 4.34. The van der Waals surface area contributed by atoms with E-state index in [4.69, 9.17) is 5.73 Å². The Morgan fingerprint density at radius 3 is 2.94 bits per heavy atom. The van der Waals surface area contributed by atoms with Gasteiger partial charge in [-0.15, -0.1) is 5.10 Å². The summed E-state index contributed by atoms with van der Waals surface area (Å²) in [5.41, 5.74) is 6.65. The van der Waals surface area contributed by atoms with E-state index in [0.717, 1.165) is 5.52 Å². The molecule has 0 amide bonds. The van der Waals surface area contributed by atoms with E-state index in [2.05, 4.69) is 15.1 Å². The third-order valence-electron chi connectivity index (χ3n) is 2.44. The summed E-state index contributed by atoms with van der Waals surface area (Å²) in [7, 11) is 1.89. The van der Waals surface area contributed by atoms with Crippen LogP contribution in [0.3, 0.4) is 0 Å². The highest BCUT2D eigenvalue weighted by Crippen LogP contribution is 2.16. The standard InChI is InChI=1S/C10H10N6/c1-15-6-4-12-10(15)9-13-8(11)7-3-2-5-16(7)14-9/h2-6H,1H3,(H2,11,13,14). The number of nitrogen functional groups attached to an aromatic ring is 1. The van der Waals surface area contributed by atoms with Crippen molar-refractivity contribution in [3.05, 3.63) is 30.7 Å². The van der Waals surface area contributed by atoms with Crippen LogP contribution in [0.5, 0.6) is 0 Å². The van der Waals surface area contributed by atoms with E-state index in [1.807, 2.05) is 36.1 Å². The van der Waals surface area contributed by atoms with Gasteiger partial charge in [-0.3, -0.25) is 0 Å². The molecule has 0 saturated carbocycles. The molecule has 0 aliphatic carbocycles. The first-order valence-corrected chi connectivity index (χ1v) is 4.84. The van der Waals surface area contributed by atoms with Crippen LogP contribution < -0.4 is 5.73 Å². The average Bonchev–Trinajstić information content (AvgIpc) is 2.85. The van der Waals surface area contributed by atoms with E-state index in [1.54, 1.807) is 10.7 Å². The van der Waals surface area contributed by atoms with Crippen molar-refractivity contribution >= 4 is 11.3 Å². The fraction of sp³-hybridized carbons (Fsp3) is 0.100. The SMILES string of the molecule is Cn1ccnc1-c1nc(N)c2cccn2n1. The summed E-state index contributed by atoms with van der Waals surface area (Å²) in [6, 6.07) is 3.75. The molecule has 6 nitrogen and oxygen atoms in total. The Labute approximate surface area is 91.4 Å². The Kier molecular flexibility index (Phi) is 1.70. The van der Waals surface area contributed by atoms with E-state index in [9.17, 15) is 0 Å². The number of anilines is 1. The molecule has 3 heterocycles. The maximum absolute atomic E-state index is 5.85. The van der Waals surface area contributed by atoms with Crippen LogP contribution in [0.4, 0.5) is 5.82 Å². The Balaban J connectivity index is 2.29. The first-order chi connectivity index (χ1) is 7.75. The van der Waals surface area contributed by atoms with Gasteiger partial charge in [0.25, 0.3) is 0 Å². The van der Waals surface area contributed by atoms with Gasteiger partial charge in [0.05, 0.1) is 0 Å². The number of hydrogen-bond acceptors (Lipinski definition) is 4. The maximum atomic E-state index is 5.85. The number of hydrogen-bond donors (Lipinski definition) is 1. The molecule has 0 aliphatic heterocycles. The van der Waals surface area contributed by atoms with Crippen molar-refractivity contribution in [2.45, 2.75) is 0 Å². The largest absolute Gasteiger partial charge is 0.382 e. The van der Waals surface area contributed by atoms with E-state index >= 15 is 0 Å². The van der Waals surface area contributed by atoms with Gasteiger partial charge in [0.15, 0.2) is 11.6 Å². The highest BCUT2D eigenvalue weighted by molar-refractivity contribution is 5.66. The second-order valence-corrected chi connectivity index (χ2v) is 3.52. The summed E-state index contributed by atoms with van der Waals surface area (Å²) >= 11 is 0. The smallest absolute Gasteiger partial charge is 0.218 e. The van der Waals surface area contributed by atoms with Crippen molar-refractivity contribution in [2.75, 3.05) is 5.73 Å². The molecule has 3 aromatic heterocycles. The molecule has 6 heteroatoms. The molecule has 0 aliphatic rings. The molecule has 0 saturated heterocycles. The second kappa shape index (κ2) is 3.06. The zero-order valence-electron chi connectivity index (χ0n) is 8.70. The number of nitrogens with zero attached hydrogens (tertiary/aromatic N) is 5. The number of nitrogens with two attached hydrogens (primary N) is 1. The van der Waals surface area contributed by atoms with Crippen molar-refractivity contribution in [2.24, 2.45) is 7.05 Å². The molecule has 0 radical (unpaired) electrons. The third kappa shape index (κ3) is 1.16. The summed E-state index contributed by atoms with van der Waals surface area (Å²) in [4.78, 5) is 8.43. The summed E-state index contributed by atoms with van der Waals surface area (Å²) < 4.78 is 3.55. The molecular formula is C10H10N6. The van der Waals surface area contributed by atoms with Gasteiger partial charge >= 0.3 is 0 Å². The summed E-state index contributed by atoms with van der Waals surface area (Å²) in [6.07, 6.45) is 5.38. The predicted molar refractivity (Wildman–Crippen MR) is 59.6 cm³/mol. The molecule has 0 fully saturated rings. The monoisotopic (exact) mass is 214 g/mol. The normalized spacial score (nSPS) is 11.1. The third-order valence-corrected chi connectivity index (χ3v) is 2.44. The van der Waals surface area contributed by atoms with Crippen LogP contribution in [0.25, 0.3) is 17.2 Å². The molecule has 80 valence electrons. The van der Waals surface area contributed by atoms with Gasteiger partial charge in [-0.2, -0.15) is 0 Å². The number of aryl methyl sites for hydroxylation is 1. The molecule has 3 rings (SSSR count). The number of imidazole rings is 1. The van der Waals surface area contributed by atoms with E-state index in [0.29, 0.717) is 17.5 Å². The maximum Gasteiger partial charge on any atom is 0.218 e. The van der Waals surface area contributed by atoms with Gasteiger partial charge in [-0.05, 0) is 12.1 Å². The molecule has 3 aromatic rings. The zero-order chi connectivity index (χ0) is 11.1. The first kappa shape index (κ1) is 8.90. The lowest BCUT2D eigenvalue weighted by atomic mass is 10.5.